The summed E-state index contributed by atoms with van der Waals surface area (Å²) in [5.41, 5.74) is 8.02. The molecule has 3 nitrogen and oxygen atoms in total. The quantitative estimate of drug-likeness (QED) is 0.524. The van der Waals surface area contributed by atoms with Crippen LogP contribution in [0.3, 0.4) is 0 Å². The van der Waals surface area contributed by atoms with E-state index < -0.39 is 0 Å². The van der Waals surface area contributed by atoms with E-state index in [0.29, 0.717) is 11.6 Å². The molecule has 0 aliphatic heterocycles. The van der Waals surface area contributed by atoms with Crippen molar-refractivity contribution in [2.45, 2.75) is 0 Å². The largest absolute Gasteiger partial charge is 0.435 e. The molecule has 4 rings (SSSR count). The summed E-state index contributed by atoms with van der Waals surface area (Å²) in [6.07, 6.45) is 0. The zero-order valence-corrected chi connectivity index (χ0v) is 10.8. The molecular weight excluding hydrogens is 264 g/mol. The third-order valence-electron chi connectivity index (χ3n) is 2.76. The molecule has 0 amide bonds. The Morgan fingerprint density at radius 2 is 2.06 bits per heavy atom. The Bertz CT molecular complexity index is 828. The van der Waals surface area contributed by atoms with Gasteiger partial charge in [-0.05, 0) is 35.7 Å². The van der Waals surface area contributed by atoms with Crippen LogP contribution in [0.1, 0.15) is 0 Å². The lowest BCUT2D eigenvalue weighted by molar-refractivity contribution is 0.622. The normalized spacial score (nSPS) is 11.6. The van der Waals surface area contributed by atoms with Crippen LogP contribution in [0.15, 0.2) is 40.1 Å². The van der Waals surface area contributed by atoms with Gasteiger partial charge in [-0.2, -0.15) is 0 Å². The highest BCUT2D eigenvalue weighted by Gasteiger charge is 2.12. The highest BCUT2D eigenvalue weighted by atomic mass is 32.1. The van der Waals surface area contributed by atoms with Crippen molar-refractivity contribution in [2.75, 3.05) is 5.73 Å². The summed E-state index contributed by atoms with van der Waals surface area (Å²) in [5, 5.41) is 2.09. The molecule has 0 atom stereocenters. The number of nitrogen functional groups attached to an aromatic ring is 1. The summed E-state index contributed by atoms with van der Waals surface area (Å²) in [4.78, 5) is 5.55. The lowest BCUT2D eigenvalue weighted by atomic mass is 10.3. The van der Waals surface area contributed by atoms with E-state index in [0.717, 1.165) is 16.0 Å². The minimum Gasteiger partial charge on any atom is -0.435 e. The standard InChI is InChI=1S/C13H8N2OS2/c14-7-1-2-9-8(5-7)15-13(16-9)12-6-11-10(18-12)3-4-17-11/h1-6H,14H2. The van der Waals surface area contributed by atoms with Gasteiger partial charge >= 0.3 is 0 Å². The van der Waals surface area contributed by atoms with Crippen LogP contribution in [0, 0.1) is 0 Å². The van der Waals surface area contributed by atoms with Gasteiger partial charge in [0.25, 0.3) is 0 Å². The van der Waals surface area contributed by atoms with Gasteiger partial charge in [-0.1, -0.05) is 0 Å². The molecule has 0 saturated carbocycles. The number of hydrogen-bond acceptors (Lipinski definition) is 5. The topological polar surface area (TPSA) is 52.0 Å². The number of nitrogens with zero attached hydrogens (tertiary/aromatic N) is 1. The second-order valence-electron chi connectivity index (χ2n) is 4.01. The summed E-state index contributed by atoms with van der Waals surface area (Å²) in [6.45, 7) is 0. The van der Waals surface area contributed by atoms with Gasteiger partial charge in [0, 0.05) is 15.1 Å². The van der Waals surface area contributed by atoms with Gasteiger partial charge in [0.15, 0.2) is 5.58 Å². The second kappa shape index (κ2) is 3.57. The van der Waals surface area contributed by atoms with Gasteiger partial charge in [-0.3, -0.25) is 0 Å². The van der Waals surface area contributed by atoms with Crippen molar-refractivity contribution < 1.29 is 4.42 Å². The molecule has 2 N–H and O–H groups in total. The average molecular weight is 272 g/mol. The molecule has 3 aromatic heterocycles. The van der Waals surface area contributed by atoms with Gasteiger partial charge < -0.3 is 10.2 Å². The fraction of sp³-hybridized carbons (Fsp3) is 0. The van der Waals surface area contributed by atoms with E-state index in [4.69, 9.17) is 10.2 Å². The number of oxazole rings is 1. The first-order valence-electron chi connectivity index (χ1n) is 5.43. The molecule has 0 unspecified atom stereocenters. The van der Waals surface area contributed by atoms with Gasteiger partial charge in [0.1, 0.15) is 5.52 Å². The highest BCUT2D eigenvalue weighted by molar-refractivity contribution is 7.28. The number of anilines is 1. The Morgan fingerprint density at radius 1 is 1.11 bits per heavy atom. The lowest BCUT2D eigenvalue weighted by Crippen LogP contribution is -1.82. The minimum absolute atomic E-state index is 0.670. The number of thiophene rings is 2. The van der Waals surface area contributed by atoms with Gasteiger partial charge in [-0.15, -0.1) is 22.7 Å². The zero-order chi connectivity index (χ0) is 12.1. The van der Waals surface area contributed by atoms with Crippen LogP contribution >= 0.6 is 22.7 Å². The predicted molar refractivity (Wildman–Crippen MR) is 77.1 cm³/mol. The van der Waals surface area contributed by atoms with Crippen LogP contribution in [0.25, 0.3) is 31.3 Å². The fourth-order valence-electron chi connectivity index (χ4n) is 1.92. The number of aromatic nitrogens is 1. The van der Waals surface area contributed by atoms with Crippen LogP contribution < -0.4 is 5.73 Å². The van der Waals surface area contributed by atoms with Crippen LogP contribution in [-0.2, 0) is 0 Å². The first-order chi connectivity index (χ1) is 8.79. The third-order valence-corrected chi connectivity index (χ3v) is 4.84. The van der Waals surface area contributed by atoms with Crippen molar-refractivity contribution in [3.63, 3.8) is 0 Å². The maximum absolute atomic E-state index is 5.76. The van der Waals surface area contributed by atoms with Gasteiger partial charge in [0.05, 0.1) is 4.88 Å². The SMILES string of the molecule is Nc1ccc2oc(-c3cc4sccc4s3)nc2c1. The van der Waals surface area contributed by atoms with Crippen molar-refractivity contribution in [3.05, 3.63) is 35.7 Å². The van der Waals surface area contributed by atoms with Crippen molar-refractivity contribution >= 4 is 48.9 Å². The number of fused-ring (bicyclic) bond motifs is 2. The molecule has 0 aliphatic carbocycles. The molecule has 0 aliphatic rings. The fourth-order valence-corrected chi connectivity index (χ4v) is 3.96. The molecule has 4 aromatic rings. The molecular formula is C13H8N2OS2. The van der Waals surface area contributed by atoms with Crippen molar-refractivity contribution in [1.82, 2.24) is 4.98 Å². The highest BCUT2D eigenvalue weighted by Crippen LogP contribution is 2.37. The Kier molecular flexibility index (Phi) is 2.00. The van der Waals surface area contributed by atoms with Gasteiger partial charge in [0.2, 0.25) is 5.89 Å². The average Bonchev–Trinajstić information content (AvgIpc) is 2.99. The molecule has 3 heterocycles. The minimum atomic E-state index is 0.670. The summed E-state index contributed by atoms with van der Waals surface area (Å²) in [6, 6.07) is 9.76. The van der Waals surface area contributed by atoms with E-state index in [9.17, 15) is 0 Å². The van der Waals surface area contributed by atoms with E-state index >= 15 is 0 Å². The van der Waals surface area contributed by atoms with Crippen molar-refractivity contribution in [3.8, 4) is 10.8 Å². The first kappa shape index (κ1) is 10.1. The second-order valence-corrected chi connectivity index (χ2v) is 6.04. The van der Waals surface area contributed by atoms with E-state index in [1.807, 2.05) is 18.2 Å². The molecule has 0 bridgehead atoms. The smallest absolute Gasteiger partial charge is 0.237 e. The molecule has 0 fully saturated rings. The summed E-state index contributed by atoms with van der Waals surface area (Å²) < 4.78 is 8.31. The molecule has 5 heteroatoms. The van der Waals surface area contributed by atoms with E-state index in [-0.39, 0.29) is 0 Å². The predicted octanol–water partition coefficient (Wildman–Crippen LogP) is 4.35. The number of hydrogen-bond donors (Lipinski definition) is 1. The number of benzene rings is 1. The van der Waals surface area contributed by atoms with Crippen LogP contribution in [0.5, 0.6) is 0 Å². The van der Waals surface area contributed by atoms with Crippen LogP contribution in [-0.4, -0.2) is 4.98 Å². The summed E-state index contributed by atoms with van der Waals surface area (Å²) >= 11 is 3.43. The lowest BCUT2D eigenvalue weighted by Gasteiger charge is -1.88. The molecule has 0 spiro atoms. The maximum Gasteiger partial charge on any atom is 0.237 e. The van der Waals surface area contributed by atoms with Crippen LogP contribution in [0.4, 0.5) is 5.69 Å². The molecule has 1 aromatic carbocycles. The van der Waals surface area contributed by atoms with Crippen molar-refractivity contribution in [2.24, 2.45) is 0 Å². The van der Waals surface area contributed by atoms with E-state index in [1.54, 1.807) is 22.7 Å². The third kappa shape index (κ3) is 1.45. The molecule has 88 valence electrons. The monoisotopic (exact) mass is 272 g/mol. The Hall–Kier alpha value is -1.85. The van der Waals surface area contributed by atoms with Crippen LogP contribution in [0.2, 0.25) is 0 Å². The summed E-state index contributed by atoms with van der Waals surface area (Å²) in [7, 11) is 0. The molecule has 18 heavy (non-hydrogen) atoms. The molecule has 0 radical (unpaired) electrons. The number of nitrogens with two attached hydrogens (primary N) is 1. The molecule has 0 saturated heterocycles. The Balaban J connectivity index is 1.93. The summed E-state index contributed by atoms with van der Waals surface area (Å²) in [5.74, 6) is 0.670. The first-order valence-corrected chi connectivity index (χ1v) is 7.13. The Morgan fingerprint density at radius 3 is 2.94 bits per heavy atom. The van der Waals surface area contributed by atoms with Crippen molar-refractivity contribution in [1.29, 1.82) is 0 Å². The number of rotatable bonds is 1. The maximum atomic E-state index is 5.76. The zero-order valence-electron chi connectivity index (χ0n) is 9.21. The van der Waals surface area contributed by atoms with E-state index in [1.165, 1.54) is 9.40 Å². The Labute approximate surface area is 110 Å². The van der Waals surface area contributed by atoms with Gasteiger partial charge in [-0.25, -0.2) is 4.98 Å². The van der Waals surface area contributed by atoms with E-state index in [2.05, 4.69) is 22.5 Å².